The van der Waals surface area contributed by atoms with Gasteiger partial charge in [-0.3, -0.25) is 0 Å². The molecule has 1 saturated carbocycles. The molecule has 0 aromatic heterocycles. The minimum absolute atomic E-state index is 0.0306. The van der Waals surface area contributed by atoms with Crippen molar-refractivity contribution in [2.75, 3.05) is 13.2 Å². The fourth-order valence-corrected chi connectivity index (χ4v) is 4.23. The molecule has 0 unspecified atom stereocenters. The Bertz CT molecular complexity index is 735. The maximum atomic E-state index is 12.3. The van der Waals surface area contributed by atoms with Crippen LogP contribution in [0.25, 0.3) is 11.1 Å². The maximum absolute atomic E-state index is 12.3. The van der Waals surface area contributed by atoms with Crippen LogP contribution in [0, 0.1) is 0 Å². The van der Waals surface area contributed by atoms with E-state index in [-0.39, 0.29) is 12.5 Å². The summed E-state index contributed by atoms with van der Waals surface area (Å²) in [6, 6.07) is 16.6. The summed E-state index contributed by atoms with van der Waals surface area (Å²) in [5, 5.41) is 12.5. The second-order valence-electron chi connectivity index (χ2n) is 7.10. The number of nitrogens with one attached hydrogen (secondary N) is 1. The van der Waals surface area contributed by atoms with Crippen LogP contribution in [-0.2, 0) is 4.74 Å². The van der Waals surface area contributed by atoms with Gasteiger partial charge in [-0.2, -0.15) is 0 Å². The zero-order chi connectivity index (χ0) is 17.3. The standard InChI is InChI=1S/C21H23NO3/c23-14-21(11-5-6-12-21)22-20(24)25-13-19-17-9-3-1-7-15(17)16-8-2-4-10-18(16)19/h1-4,7-10,19,23H,5-6,11-14H2,(H,22,24). The number of aliphatic hydroxyl groups excluding tert-OH is 1. The van der Waals surface area contributed by atoms with E-state index in [9.17, 15) is 9.90 Å². The average Bonchev–Trinajstić information content (AvgIpc) is 3.23. The van der Waals surface area contributed by atoms with E-state index < -0.39 is 11.6 Å². The molecule has 0 bridgehead atoms. The molecule has 4 nitrogen and oxygen atoms in total. The monoisotopic (exact) mass is 337 g/mol. The number of rotatable bonds is 4. The van der Waals surface area contributed by atoms with E-state index in [1.165, 1.54) is 22.3 Å². The molecule has 0 radical (unpaired) electrons. The van der Waals surface area contributed by atoms with Gasteiger partial charge in [0.2, 0.25) is 0 Å². The highest BCUT2D eigenvalue weighted by Gasteiger charge is 2.36. The van der Waals surface area contributed by atoms with Crippen molar-refractivity contribution in [2.24, 2.45) is 0 Å². The van der Waals surface area contributed by atoms with Crippen LogP contribution in [0.3, 0.4) is 0 Å². The summed E-state index contributed by atoms with van der Waals surface area (Å²) < 4.78 is 5.57. The fourth-order valence-electron chi connectivity index (χ4n) is 4.23. The Kier molecular flexibility index (Phi) is 4.22. The summed E-state index contributed by atoms with van der Waals surface area (Å²) in [7, 11) is 0. The second kappa shape index (κ2) is 6.52. The predicted molar refractivity (Wildman–Crippen MR) is 96.5 cm³/mol. The topological polar surface area (TPSA) is 58.6 Å². The molecule has 2 aliphatic rings. The Morgan fingerprint density at radius 2 is 1.60 bits per heavy atom. The van der Waals surface area contributed by atoms with Crippen molar-refractivity contribution >= 4 is 6.09 Å². The van der Waals surface area contributed by atoms with E-state index in [0.717, 1.165) is 25.7 Å². The minimum atomic E-state index is -0.497. The highest BCUT2D eigenvalue weighted by Crippen LogP contribution is 2.44. The normalized spacial score (nSPS) is 17.8. The average molecular weight is 337 g/mol. The van der Waals surface area contributed by atoms with Gasteiger partial charge in [0.1, 0.15) is 6.61 Å². The van der Waals surface area contributed by atoms with Crippen molar-refractivity contribution < 1.29 is 14.6 Å². The van der Waals surface area contributed by atoms with E-state index >= 15 is 0 Å². The number of benzene rings is 2. The number of ether oxygens (including phenoxy) is 1. The van der Waals surface area contributed by atoms with Gasteiger partial charge >= 0.3 is 6.09 Å². The summed E-state index contributed by atoms with van der Waals surface area (Å²) >= 11 is 0. The summed E-state index contributed by atoms with van der Waals surface area (Å²) in [5.41, 5.74) is 4.34. The molecule has 0 spiro atoms. The first-order valence-electron chi connectivity index (χ1n) is 8.96. The number of aliphatic hydroxyl groups is 1. The van der Waals surface area contributed by atoms with Crippen LogP contribution in [0.5, 0.6) is 0 Å². The molecule has 2 aromatic carbocycles. The lowest BCUT2D eigenvalue weighted by atomic mass is 9.98. The molecule has 1 fully saturated rings. The van der Waals surface area contributed by atoms with Crippen molar-refractivity contribution in [2.45, 2.75) is 37.1 Å². The summed E-state index contributed by atoms with van der Waals surface area (Å²) in [5.74, 6) is 0.0619. The van der Waals surface area contributed by atoms with Crippen molar-refractivity contribution in [1.29, 1.82) is 0 Å². The van der Waals surface area contributed by atoms with E-state index in [1.54, 1.807) is 0 Å². The van der Waals surface area contributed by atoms with E-state index in [1.807, 2.05) is 24.3 Å². The zero-order valence-corrected chi connectivity index (χ0v) is 14.2. The third-order valence-corrected chi connectivity index (χ3v) is 5.57. The van der Waals surface area contributed by atoms with E-state index in [2.05, 4.69) is 29.6 Å². The van der Waals surface area contributed by atoms with Crippen LogP contribution in [-0.4, -0.2) is 30.0 Å². The lowest BCUT2D eigenvalue weighted by molar-refractivity contribution is 0.110. The van der Waals surface area contributed by atoms with Gasteiger partial charge in [-0.05, 0) is 35.1 Å². The first-order chi connectivity index (χ1) is 12.2. The Morgan fingerprint density at radius 3 is 2.16 bits per heavy atom. The molecule has 2 aromatic rings. The van der Waals surface area contributed by atoms with Gasteiger partial charge in [0.05, 0.1) is 12.1 Å². The van der Waals surface area contributed by atoms with Crippen LogP contribution < -0.4 is 5.32 Å². The molecule has 0 atom stereocenters. The highest BCUT2D eigenvalue weighted by atomic mass is 16.5. The van der Waals surface area contributed by atoms with Gasteiger partial charge in [0.25, 0.3) is 0 Å². The number of hydrogen-bond donors (Lipinski definition) is 2. The molecule has 130 valence electrons. The Labute approximate surface area is 147 Å². The van der Waals surface area contributed by atoms with Crippen LogP contribution in [0.4, 0.5) is 4.79 Å². The van der Waals surface area contributed by atoms with E-state index in [0.29, 0.717) is 6.61 Å². The minimum Gasteiger partial charge on any atom is -0.449 e. The van der Waals surface area contributed by atoms with Gasteiger partial charge in [-0.25, -0.2) is 4.79 Å². The third kappa shape index (κ3) is 2.91. The third-order valence-electron chi connectivity index (χ3n) is 5.57. The summed E-state index contributed by atoms with van der Waals surface area (Å²) in [4.78, 5) is 12.3. The first kappa shape index (κ1) is 16.2. The van der Waals surface area contributed by atoms with Crippen molar-refractivity contribution in [1.82, 2.24) is 5.32 Å². The fraction of sp³-hybridized carbons (Fsp3) is 0.381. The molecule has 2 aliphatic carbocycles. The molecule has 25 heavy (non-hydrogen) atoms. The number of carbonyl (C=O) groups is 1. The van der Waals surface area contributed by atoms with Crippen LogP contribution in [0.1, 0.15) is 42.7 Å². The number of fused-ring (bicyclic) bond motifs is 3. The second-order valence-corrected chi connectivity index (χ2v) is 7.10. The van der Waals surface area contributed by atoms with Gasteiger partial charge in [-0.1, -0.05) is 61.4 Å². The maximum Gasteiger partial charge on any atom is 0.407 e. The first-order valence-corrected chi connectivity index (χ1v) is 8.96. The number of hydrogen-bond acceptors (Lipinski definition) is 3. The van der Waals surface area contributed by atoms with Gasteiger partial charge in [0, 0.05) is 5.92 Å². The molecular formula is C21H23NO3. The molecule has 1 amide bonds. The Hall–Kier alpha value is -2.33. The van der Waals surface area contributed by atoms with Crippen LogP contribution in [0.2, 0.25) is 0 Å². The molecule has 0 heterocycles. The van der Waals surface area contributed by atoms with E-state index in [4.69, 9.17) is 4.74 Å². The molecule has 4 rings (SSSR count). The number of alkyl carbamates (subject to hydrolysis) is 1. The predicted octanol–water partition coefficient (Wildman–Crippen LogP) is 3.83. The molecular weight excluding hydrogens is 314 g/mol. The van der Waals surface area contributed by atoms with Crippen LogP contribution in [0.15, 0.2) is 48.5 Å². The summed E-state index contributed by atoms with van der Waals surface area (Å²) in [6.07, 6.45) is 3.26. The number of carbonyl (C=O) groups excluding carboxylic acids is 1. The Morgan fingerprint density at radius 1 is 1.04 bits per heavy atom. The molecule has 2 N–H and O–H groups in total. The Balaban J connectivity index is 1.49. The van der Waals surface area contributed by atoms with Crippen LogP contribution >= 0.6 is 0 Å². The smallest absolute Gasteiger partial charge is 0.407 e. The highest BCUT2D eigenvalue weighted by molar-refractivity contribution is 5.79. The van der Waals surface area contributed by atoms with Crippen molar-refractivity contribution in [3.8, 4) is 11.1 Å². The molecule has 0 aliphatic heterocycles. The zero-order valence-electron chi connectivity index (χ0n) is 14.2. The summed E-state index contributed by atoms with van der Waals surface area (Å²) in [6.45, 7) is 0.276. The number of amides is 1. The largest absolute Gasteiger partial charge is 0.449 e. The van der Waals surface area contributed by atoms with Gasteiger partial charge in [-0.15, -0.1) is 0 Å². The van der Waals surface area contributed by atoms with Gasteiger partial charge < -0.3 is 15.2 Å². The quantitative estimate of drug-likeness (QED) is 0.891. The van der Waals surface area contributed by atoms with Crippen molar-refractivity contribution in [3.05, 3.63) is 59.7 Å². The van der Waals surface area contributed by atoms with Crippen molar-refractivity contribution in [3.63, 3.8) is 0 Å². The molecule has 4 heteroatoms. The van der Waals surface area contributed by atoms with Gasteiger partial charge in [0.15, 0.2) is 0 Å². The lowest BCUT2D eigenvalue weighted by Gasteiger charge is -2.27. The SMILES string of the molecule is O=C(NC1(CO)CCCC1)OCC1c2ccccc2-c2ccccc21. The lowest BCUT2D eigenvalue weighted by Crippen LogP contribution is -2.49. The molecule has 0 saturated heterocycles.